The van der Waals surface area contributed by atoms with Gasteiger partial charge in [0, 0.05) is 30.9 Å². The maximum atomic E-state index is 12.1. The van der Waals surface area contributed by atoms with E-state index in [0.717, 1.165) is 12.2 Å². The van der Waals surface area contributed by atoms with Gasteiger partial charge >= 0.3 is 5.69 Å². The average molecular weight is 331 g/mol. The molecule has 0 saturated heterocycles. The second-order valence-corrected chi connectivity index (χ2v) is 6.53. The molecule has 0 aliphatic rings. The van der Waals surface area contributed by atoms with E-state index >= 15 is 0 Å². The van der Waals surface area contributed by atoms with E-state index in [0.29, 0.717) is 6.54 Å². The minimum atomic E-state index is -0.399. The third-order valence-corrected chi connectivity index (χ3v) is 4.54. The highest BCUT2D eigenvalue weighted by atomic mass is 32.2. The molecule has 0 saturated carbocycles. The number of likely N-dealkylation sites (N-methyl/N-ethyl adjacent to an activating group) is 1. The lowest BCUT2D eigenvalue weighted by molar-refractivity contribution is -0.130. The van der Waals surface area contributed by atoms with Crippen molar-refractivity contribution in [1.82, 2.24) is 14.5 Å². The Morgan fingerprint density at radius 1 is 1.30 bits per heavy atom. The van der Waals surface area contributed by atoms with Crippen LogP contribution in [0, 0.1) is 6.92 Å². The molecule has 0 aliphatic carbocycles. The summed E-state index contributed by atoms with van der Waals surface area (Å²) in [5.74, 6) is 0.869. The van der Waals surface area contributed by atoms with Crippen molar-refractivity contribution < 1.29 is 4.79 Å². The third kappa shape index (κ3) is 5.56. The number of hydrogen-bond acceptors (Lipinski definition) is 4. The molecule has 2 rings (SSSR count). The van der Waals surface area contributed by atoms with Gasteiger partial charge in [0.05, 0.1) is 0 Å². The van der Waals surface area contributed by atoms with Gasteiger partial charge in [0.2, 0.25) is 5.91 Å². The van der Waals surface area contributed by atoms with Crippen molar-refractivity contribution in [2.24, 2.45) is 0 Å². The molecule has 6 heteroatoms. The van der Waals surface area contributed by atoms with Crippen LogP contribution in [0.15, 0.2) is 52.4 Å². The number of amides is 1. The van der Waals surface area contributed by atoms with Crippen LogP contribution in [0.1, 0.15) is 12.0 Å². The fraction of sp³-hybridized carbons (Fsp3) is 0.353. The van der Waals surface area contributed by atoms with E-state index in [1.165, 1.54) is 21.2 Å². The van der Waals surface area contributed by atoms with E-state index in [-0.39, 0.29) is 12.5 Å². The Bertz CT molecular complexity index is 697. The van der Waals surface area contributed by atoms with Crippen molar-refractivity contribution in [3.63, 3.8) is 0 Å². The van der Waals surface area contributed by atoms with Crippen molar-refractivity contribution in [3.05, 3.63) is 58.8 Å². The summed E-state index contributed by atoms with van der Waals surface area (Å²) >= 11 is 1.79. The number of rotatable bonds is 7. The van der Waals surface area contributed by atoms with Crippen LogP contribution in [0.25, 0.3) is 0 Å². The molecule has 0 unspecified atom stereocenters. The number of hydrogen-bond donors (Lipinski definition) is 0. The lowest BCUT2D eigenvalue weighted by atomic mass is 10.2. The van der Waals surface area contributed by atoms with Gasteiger partial charge in [-0.05, 0) is 37.3 Å². The molecule has 1 amide bonds. The molecule has 0 aliphatic heterocycles. The minimum absolute atomic E-state index is 0.0360. The van der Waals surface area contributed by atoms with Gasteiger partial charge in [-0.1, -0.05) is 17.7 Å². The van der Waals surface area contributed by atoms with Crippen molar-refractivity contribution in [2.75, 3.05) is 19.3 Å². The molecule has 1 heterocycles. The second-order valence-electron chi connectivity index (χ2n) is 5.36. The van der Waals surface area contributed by atoms with Crippen molar-refractivity contribution in [3.8, 4) is 0 Å². The summed E-state index contributed by atoms with van der Waals surface area (Å²) in [5.41, 5.74) is 0.856. The predicted octanol–water partition coefficient (Wildman–Crippen LogP) is 2.19. The molecule has 0 fully saturated rings. The first-order valence-corrected chi connectivity index (χ1v) is 8.50. The summed E-state index contributed by atoms with van der Waals surface area (Å²) in [6, 6.07) is 10.1. The maximum absolute atomic E-state index is 12.1. The smallest absolute Gasteiger partial charge is 0.344 e. The number of nitrogens with zero attached hydrogens (tertiary/aromatic N) is 3. The van der Waals surface area contributed by atoms with Crippen molar-refractivity contribution >= 4 is 17.7 Å². The van der Waals surface area contributed by atoms with Gasteiger partial charge in [0.15, 0.2) is 0 Å². The first-order valence-electron chi connectivity index (χ1n) is 7.51. The summed E-state index contributed by atoms with van der Waals surface area (Å²) in [4.78, 5) is 30.1. The van der Waals surface area contributed by atoms with Crippen molar-refractivity contribution in [2.45, 2.75) is 24.8 Å². The van der Waals surface area contributed by atoms with E-state index in [4.69, 9.17) is 0 Å². The van der Waals surface area contributed by atoms with Crippen molar-refractivity contribution in [1.29, 1.82) is 0 Å². The van der Waals surface area contributed by atoms with E-state index in [1.807, 2.05) is 0 Å². The quantitative estimate of drug-likeness (QED) is 0.576. The van der Waals surface area contributed by atoms with Gasteiger partial charge in [-0.25, -0.2) is 9.78 Å². The zero-order chi connectivity index (χ0) is 16.7. The van der Waals surface area contributed by atoms with Gasteiger partial charge in [0.1, 0.15) is 6.54 Å². The number of carbonyl (C=O) groups is 1. The normalized spacial score (nSPS) is 10.5. The second kappa shape index (κ2) is 8.53. The molecule has 0 bridgehead atoms. The summed E-state index contributed by atoms with van der Waals surface area (Å²) in [6.07, 6.45) is 3.91. The molecule has 0 radical (unpaired) electrons. The Morgan fingerprint density at radius 2 is 2.04 bits per heavy atom. The molecule has 122 valence electrons. The Balaban J connectivity index is 1.73. The lowest BCUT2D eigenvalue weighted by Crippen LogP contribution is -2.35. The van der Waals surface area contributed by atoms with Gasteiger partial charge < -0.3 is 4.90 Å². The predicted molar refractivity (Wildman–Crippen MR) is 92.7 cm³/mol. The van der Waals surface area contributed by atoms with Gasteiger partial charge in [-0.15, -0.1) is 11.8 Å². The SMILES string of the molecule is Cc1ccc(SCCCN(C)C(=O)Cn2cccnc2=O)cc1. The Kier molecular flexibility index (Phi) is 6.40. The Hall–Kier alpha value is -2.08. The number of aryl methyl sites for hydroxylation is 1. The zero-order valence-corrected chi connectivity index (χ0v) is 14.3. The van der Waals surface area contributed by atoms with Crippen LogP contribution < -0.4 is 5.69 Å². The fourth-order valence-electron chi connectivity index (χ4n) is 2.02. The van der Waals surface area contributed by atoms with Crippen LogP contribution in [-0.2, 0) is 11.3 Å². The first kappa shape index (κ1) is 17.3. The highest BCUT2D eigenvalue weighted by molar-refractivity contribution is 7.99. The number of carbonyl (C=O) groups excluding carboxylic acids is 1. The van der Waals surface area contributed by atoms with Crippen LogP contribution in [0.5, 0.6) is 0 Å². The van der Waals surface area contributed by atoms with Crippen LogP contribution in [0.3, 0.4) is 0 Å². The molecule has 1 aromatic carbocycles. The summed E-state index contributed by atoms with van der Waals surface area (Å²) in [6.45, 7) is 2.78. The summed E-state index contributed by atoms with van der Waals surface area (Å²) < 4.78 is 1.32. The van der Waals surface area contributed by atoms with E-state index < -0.39 is 5.69 Å². The standard InChI is InChI=1S/C17H21N3O2S/c1-14-5-7-15(8-6-14)23-12-4-10-19(2)16(21)13-20-11-3-9-18-17(20)22/h3,5-9,11H,4,10,12-13H2,1-2H3. The molecule has 2 aromatic rings. The Morgan fingerprint density at radius 3 is 2.74 bits per heavy atom. The number of thioether (sulfide) groups is 1. The molecule has 0 N–H and O–H groups in total. The lowest BCUT2D eigenvalue weighted by Gasteiger charge is -2.17. The highest BCUT2D eigenvalue weighted by Gasteiger charge is 2.10. The fourth-order valence-corrected chi connectivity index (χ4v) is 2.86. The highest BCUT2D eigenvalue weighted by Crippen LogP contribution is 2.19. The van der Waals surface area contributed by atoms with Crippen LogP contribution in [0.4, 0.5) is 0 Å². The van der Waals surface area contributed by atoms with Crippen LogP contribution in [0.2, 0.25) is 0 Å². The molecule has 23 heavy (non-hydrogen) atoms. The minimum Gasteiger partial charge on any atom is -0.344 e. The molecule has 0 spiro atoms. The van der Waals surface area contributed by atoms with E-state index in [2.05, 4.69) is 36.2 Å². The monoisotopic (exact) mass is 331 g/mol. The van der Waals surface area contributed by atoms with Gasteiger partial charge in [-0.3, -0.25) is 9.36 Å². The molecule has 5 nitrogen and oxygen atoms in total. The van der Waals surface area contributed by atoms with E-state index in [9.17, 15) is 9.59 Å². The molecular weight excluding hydrogens is 310 g/mol. The summed E-state index contributed by atoms with van der Waals surface area (Å²) in [7, 11) is 1.76. The third-order valence-electron chi connectivity index (χ3n) is 3.44. The number of benzene rings is 1. The largest absolute Gasteiger partial charge is 0.347 e. The zero-order valence-electron chi connectivity index (χ0n) is 13.4. The molecule has 1 aromatic heterocycles. The average Bonchev–Trinajstić information content (AvgIpc) is 2.55. The van der Waals surface area contributed by atoms with Crippen LogP contribution >= 0.6 is 11.8 Å². The van der Waals surface area contributed by atoms with Gasteiger partial charge in [0.25, 0.3) is 0 Å². The first-order chi connectivity index (χ1) is 11.1. The number of aromatic nitrogens is 2. The summed E-state index contributed by atoms with van der Waals surface area (Å²) in [5, 5.41) is 0. The topological polar surface area (TPSA) is 55.2 Å². The molecule has 0 atom stereocenters. The Labute approximate surface area is 140 Å². The van der Waals surface area contributed by atoms with Gasteiger partial charge in [-0.2, -0.15) is 0 Å². The van der Waals surface area contributed by atoms with E-state index in [1.54, 1.807) is 36.0 Å². The molecular formula is C17H21N3O2S. The maximum Gasteiger partial charge on any atom is 0.347 e. The van der Waals surface area contributed by atoms with Crippen LogP contribution in [-0.4, -0.2) is 39.7 Å².